The van der Waals surface area contributed by atoms with Crippen LogP contribution in [0.2, 0.25) is 5.15 Å². The minimum Gasteiger partial charge on any atom is -0.390 e. The predicted octanol–water partition coefficient (Wildman–Crippen LogP) is 2.10. The molecule has 1 aromatic heterocycles. The molecule has 1 rings (SSSR count). The molecule has 17 heavy (non-hydrogen) atoms. The Kier molecular flexibility index (Phi) is 4.58. The molecule has 0 fully saturated rings. The Morgan fingerprint density at radius 2 is 2.06 bits per heavy atom. The van der Waals surface area contributed by atoms with Crippen LogP contribution in [0.3, 0.4) is 0 Å². The summed E-state index contributed by atoms with van der Waals surface area (Å²) >= 11 is 6.10. The zero-order valence-electron chi connectivity index (χ0n) is 11.1. The average molecular weight is 261 g/mol. The van der Waals surface area contributed by atoms with E-state index in [1.807, 2.05) is 27.7 Å². The van der Waals surface area contributed by atoms with Crippen molar-refractivity contribution in [3.8, 4) is 0 Å². The second-order valence-corrected chi connectivity index (χ2v) is 5.62. The first-order chi connectivity index (χ1) is 7.70. The molecule has 1 unspecified atom stereocenters. The van der Waals surface area contributed by atoms with Crippen molar-refractivity contribution in [1.29, 1.82) is 0 Å². The second kappa shape index (κ2) is 5.38. The van der Waals surface area contributed by atoms with Gasteiger partial charge in [-0.05, 0) is 27.7 Å². The van der Waals surface area contributed by atoms with Crippen molar-refractivity contribution in [2.75, 3.05) is 6.61 Å². The van der Waals surface area contributed by atoms with Crippen LogP contribution in [0.15, 0.2) is 0 Å². The van der Waals surface area contributed by atoms with Crippen molar-refractivity contribution in [2.45, 2.75) is 45.8 Å². The summed E-state index contributed by atoms with van der Waals surface area (Å²) in [6, 6.07) is 0. The van der Waals surface area contributed by atoms with Gasteiger partial charge in [-0.15, -0.1) is 0 Å². The van der Waals surface area contributed by atoms with Crippen LogP contribution in [0.1, 0.15) is 32.0 Å². The van der Waals surface area contributed by atoms with E-state index in [0.29, 0.717) is 18.2 Å². The van der Waals surface area contributed by atoms with Gasteiger partial charge in [-0.25, -0.2) is 0 Å². The van der Waals surface area contributed by atoms with Gasteiger partial charge in [0.2, 0.25) is 0 Å². The van der Waals surface area contributed by atoms with E-state index in [2.05, 4.69) is 5.10 Å². The highest BCUT2D eigenvalue weighted by Gasteiger charge is 2.18. The van der Waals surface area contributed by atoms with Crippen molar-refractivity contribution in [3.63, 3.8) is 0 Å². The summed E-state index contributed by atoms with van der Waals surface area (Å²) < 4.78 is 7.14. The number of halogens is 1. The monoisotopic (exact) mass is 260 g/mol. The van der Waals surface area contributed by atoms with Gasteiger partial charge in [0, 0.05) is 19.0 Å². The topological polar surface area (TPSA) is 47.3 Å². The Morgan fingerprint density at radius 1 is 1.47 bits per heavy atom. The zero-order valence-corrected chi connectivity index (χ0v) is 11.9. The van der Waals surface area contributed by atoms with Crippen LogP contribution in [0, 0.1) is 6.92 Å². The molecule has 1 heterocycles. The zero-order chi connectivity index (χ0) is 13.2. The van der Waals surface area contributed by atoms with E-state index in [4.69, 9.17) is 16.3 Å². The molecule has 0 saturated heterocycles. The van der Waals surface area contributed by atoms with Crippen LogP contribution in [0.4, 0.5) is 0 Å². The fourth-order valence-corrected chi connectivity index (χ4v) is 1.80. The van der Waals surface area contributed by atoms with Crippen LogP contribution >= 0.6 is 11.6 Å². The third kappa shape index (κ3) is 4.30. The fourth-order valence-electron chi connectivity index (χ4n) is 1.55. The number of ether oxygens (including phenoxy) is 1. The molecule has 0 aromatic carbocycles. The van der Waals surface area contributed by atoms with Crippen molar-refractivity contribution in [2.24, 2.45) is 7.05 Å². The maximum Gasteiger partial charge on any atom is 0.130 e. The average Bonchev–Trinajstić information content (AvgIpc) is 2.41. The fraction of sp³-hybridized carbons (Fsp3) is 0.750. The first-order valence-corrected chi connectivity index (χ1v) is 6.08. The lowest BCUT2D eigenvalue weighted by Gasteiger charge is -2.21. The third-order valence-corrected chi connectivity index (χ3v) is 2.89. The lowest BCUT2D eigenvalue weighted by atomic mass is 10.1. The normalized spacial score (nSPS) is 14.1. The quantitative estimate of drug-likeness (QED) is 0.902. The molecule has 98 valence electrons. The molecule has 5 heteroatoms. The van der Waals surface area contributed by atoms with Gasteiger partial charge < -0.3 is 9.84 Å². The van der Waals surface area contributed by atoms with Crippen LogP contribution in [0.5, 0.6) is 0 Å². The first kappa shape index (κ1) is 14.5. The lowest BCUT2D eigenvalue weighted by molar-refractivity contribution is -0.0482. The van der Waals surface area contributed by atoms with Gasteiger partial charge in [0.1, 0.15) is 5.15 Å². The Hall–Kier alpha value is -0.580. The lowest BCUT2D eigenvalue weighted by Crippen LogP contribution is -2.27. The SMILES string of the molecule is Cc1nn(C)c(Cl)c1CC(O)COC(C)(C)C. The highest BCUT2D eigenvalue weighted by Crippen LogP contribution is 2.20. The Bertz CT molecular complexity index is 383. The highest BCUT2D eigenvalue weighted by atomic mass is 35.5. The molecular formula is C12H21ClN2O2. The third-order valence-electron chi connectivity index (χ3n) is 2.42. The van der Waals surface area contributed by atoms with Gasteiger partial charge in [-0.2, -0.15) is 5.10 Å². The number of aromatic nitrogens is 2. The number of nitrogens with zero attached hydrogens (tertiary/aromatic N) is 2. The summed E-state index contributed by atoms with van der Waals surface area (Å²) in [5.41, 5.74) is 1.50. The summed E-state index contributed by atoms with van der Waals surface area (Å²) in [5.74, 6) is 0. The van der Waals surface area contributed by atoms with E-state index in [1.165, 1.54) is 0 Å². The molecule has 4 nitrogen and oxygen atoms in total. The number of rotatable bonds is 4. The second-order valence-electron chi connectivity index (χ2n) is 5.26. The van der Waals surface area contributed by atoms with E-state index in [0.717, 1.165) is 11.3 Å². The van der Waals surface area contributed by atoms with Gasteiger partial charge in [0.05, 0.1) is 24.0 Å². The maximum absolute atomic E-state index is 9.90. The summed E-state index contributed by atoms with van der Waals surface area (Å²) in [5, 5.41) is 14.7. The molecule has 1 N–H and O–H groups in total. The van der Waals surface area contributed by atoms with E-state index in [1.54, 1.807) is 11.7 Å². The summed E-state index contributed by atoms with van der Waals surface area (Å²) in [6.07, 6.45) is -0.0937. The van der Waals surface area contributed by atoms with Gasteiger partial charge >= 0.3 is 0 Å². The Balaban J connectivity index is 2.59. The number of aliphatic hydroxyl groups is 1. The van der Waals surface area contributed by atoms with Gasteiger partial charge in [0.15, 0.2) is 0 Å². The highest BCUT2D eigenvalue weighted by molar-refractivity contribution is 6.30. The predicted molar refractivity (Wildman–Crippen MR) is 68.4 cm³/mol. The minimum absolute atomic E-state index is 0.241. The van der Waals surface area contributed by atoms with Gasteiger partial charge in [-0.3, -0.25) is 4.68 Å². The molecule has 0 saturated carbocycles. The molecule has 0 spiro atoms. The maximum atomic E-state index is 9.90. The molecule has 1 atom stereocenters. The van der Waals surface area contributed by atoms with Crippen molar-refractivity contribution < 1.29 is 9.84 Å². The number of aliphatic hydroxyl groups excluding tert-OH is 1. The van der Waals surface area contributed by atoms with Crippen LogP contribution in [-0.2, 0) is 18.2 Å². The van der Waals surface area contributed by atoms with Crippen LogP contribution in [-0.4, -0.2) is 33.2 Å². The van der Waals surface area contributed by atoms with E-state index in [9.17, 15) is 5.11 Å². The van der Waals surface area contributed by atoms with Crippen molar-refractivity contribution in [3.05, 3.63) is 16.4 Å². The van der Waals surface area contributed by atoms with E-state index < -0.39 is 6.10 Å². The van der Waals surface area contributed by atoms with Crippen LogP contribution < -0.4 is 0 Å². The molecule has 0 radical (unpaired) electrons. The number of hydrogen-bond donors (Lipinski definition) is 1. The minimum atomic E-state index is -0.561. The smallest absolute Gasteiger partial charge is 0.130 e. The van der Waals surface area contributed by atoms with Crippen molar-refractivity contribution in [1.82, 2.24) is 9.78 Å². The largest absolute Gasteiger partial charge is 0.390 e. The van der Waals surface area contributed by atoms with Gasteiger partial charge in [0.25, 0.3) is 0 Å². The summed E-state index contributed by atoms with van der Waals surface area (Å²) in [4.78, 5) is 0. The molecule has 0 aliphatic heterocycles. The molecule has 0 amide bonds. The first-order valence-electron chi connectivity index (χ1n) is 5.70. The molecule has 0 aliphatic rings. The number of hydrogen-bond acceptors (Lipinski definition) is 3. The van der Waals surface area contributed by atoms with Crippen LogP contribution in [0.25, 0.3) is 0 Å². The van der Waals surface area contributed by atoms with E-state index in [-0.39, 0.29) is 5.60 Å². The Labute approximate surface area is 108 Å². The molecular weight excluding hydrogens is 240 g/mol. The van der Waals surface area contributed by atoms with Crippen molar-refractivity contribution >= 4 is 11.6 Å². The standard InChI is InChI=1S/C12H21ClN2O2/c1-8-10(11(13)15(5)14-8)6-9(16)7-17-12(2,3)4/h9,16H,6-7H2,1-5H3. The van der Waals surface area contributed by atoms with E-state index >= 15 is 0 Å². The molecule has 0 bridgehead atoms. The Morgan fingerprint density at radius 3 is 2.47 bits per heavy atom. The molecule has 0 aliphatic carbocycles. The summed E-state index contributed by atoms with van der Waals surface area (Å²) in [6.45, 7) is 8.07. The number of aryl methyl sites for hydroxylation is 2. The van der Waals surface area contributed by atoms with Gasteiger partial charge in [-0.1, -0.05) is 11.6 Å². The molecule has 1 aromatic rings. The summed E-state index contributed by atoms with van der Waals surface area (Å²) in [7, 11) is 1.79.